The number of carbonyl (C=O) groups excluding carboxylic acids is 2. The molecule has 0 spiro atoms. The van der Waals surface area contributed by atoms with Crippen molar-refractivity contribution in [2.45, 2.75) is 13.5 Å². The van der Waals surface area contributed by atoms with Crippen molar-refractivity contribution in [3.8, 4) is 28.1 Å². The molecule has 0 fully saturated rings. The van der Waals surface area contributed by atoms with Gasteiger partial charge in [0.15, 0.2) is 5.75 Å². The summed E-state index contributed by atoms with van der Waals surface area (Å²) in [5.41, 5.74) is 1.36. The van der Waals surface area contributed by atoms with Crippen LogP contribution in [0.1, 0.15) is 27.6 Å². The summed E-state index contributed by atoms with van der Waals surface area (Å²) in [4.78, 5) is 39.0. The molecule has 0 aliphatic rings. The normalized spacial score (nSPS) is 10.6. The molecule has 1 aromatic heterocycles. The third-order valence-corrected chi connectivity index (χ3v) is 5.48. The molecule has 176 valence electrons. The Morgan fingerprint density at radius 1 is 0.943 bits per heavy atom. The summed E-state index contributed by atoms with van der Waals surface area (Å²) in [5.74, 6) is -1.96. The lowest BCUT2D eigenvalue weighted by molar-refractivity contribution is 0.0597. The Hall–Kier alpha value is -4.72. The minimum absolute atomic E-state index is 0.0302. The van der Waals surface area contributed by atoms with E-state index in [1.165, 1.54) is 30.0 Å². The van der Waals surface area contributed by atoms with E-state index in [4.69, 9.17) is 0 Å². The second-order valence-corrected chi connectivity index (χ2v) is 7.60. The highest BCUT2D eigenvalue weighted by atomic mass is 16.5. The van der Waals surface area contributed by atoms with Crippen molar-refractivity contribution in [1.82, 2.24) is 9.78 Å². The third-order valence-electron chi connectivity index (χ3n) is 5.48. The van der Waals surface area contributed by atoms with E-state index < -0.39 is 23.2 Å². The van der Waals surface area contributed by atoms with Crippen molar-refractivity contribution in [1.29, 1.82) is 0 Å². The third kappa shape index (κ3) is 4.54. The maximum atomic E-state index is 13.6. The van der Waals surface area contributed by atoms with E-state index in [0.29, 0.717) is 16.8 Å². The van der Waals surface area contributed by atoms with E-state index in [-0.39, 0.29) is 23.4 Å². The highest BCUT2D eigenvalue weighted by Crippen LogP contribution is 2.33. The van der Waals surface area contributed by atoms with Crippen LogP contribution in [0.3, 0.4) is 0 Å². The molecule has 1 amide bonds. The van der Waals surface area contributed by atoms with Gasteiger partial charge in [0.2, 0.25) is 0 Å². The number of ether oxygens (including phenoxy) is 1. The van der Waals surface area contributed by atoms with E-state index in [2.05, 4.69) is 15.2 Å². The monoisotopic (exact) mass is 469 g/mol. The first kappa shape index (κ1) is 23.4. The van der Waals surface area contributed by atoms with E-state index in [1.807, 2.05) is 48.5 Å². The molecule has 0 unspecified atom stereocenters. The van der Waals surface area contributed by atoms with Gasteiger partial charge < -0.3 is 15.2 Å². The van der Waals surface area contributed by atoms with Gasteiger partial charge in [-0.2, -0.15) is 5.10 Å². The number of nitrogens with one attached hydrogen (secondary N) is 1. The average molecular weight is 469 g/mol. The Morgan fingerprint density at radius 2 is 1.57 bits per heavy atom. The predicted molar refractivity (Wildman–Crippen MR) is 132 cm³/mol. The van der Waals surface area contributed by atoms with Crippen molar-refractivity contribution in [2.24, 2.45) is 0 Å². The molecule has 35 heavy (non-hydrogen) atoms. The lowest BCUT2D eigenvalue weighted by Crippen LogP contribution is -2.32. The van der Waals surface area contributed by atoms with Crippen LogP contribution in [0.5, 0.6) is 5.75 Å². The molecule has 0 aliphatic carbocycles. The fourth-order valence-corrected chi connectivity index (χ4v) is 3.78. The van der Waals surface area contributed by atoms with Crippen molar-refractivity contribution < 1.29 is 19.4 Å². The van der Waals surface area contributed by atoms with Crippen LogP contribution in [0.15, 0.2) is 83.7 Å². The number of nitrogens with zero attached hydrogens (tertiary/aromatic N) is 2. The zero-order chi connectivity index (χ0) is 24.9. The summed E-state index contributed by atoms with van der Waals surface area (Å²) in [6, 6.07) is 22.6. The molecule has 0 radical (unpaired) electrons. The van der Waals surface area contributed by atoms with Crippen LogP contribution >= 0.6 is 0 Å². The number of phenolic OH excluding ortho intramolecular Hbond substituents is 1. The number of methoxy groups -OCH3 is 1. The predicted octanol–water partition coefficient (Wildman–Crippen LogP) is 4.34. The van der Waals surface area contributed by atoms with E-state index in [0.717, 1.165) is 5.56 Å². The summed E-state index contributed by atoms with van der Waals surface area (Å²) in [7, 11) is 1.19. The molecule has 1 heterocycles. The van der Waals surface area contributed by atoms with Crippen molar-refractivity contribution in [2.75, 3.05) is 12.4 Å². The molecule has 0 atom stereocenters. The molecule has 4 rings (SSSR count). The van der Waals surface area contributed by atoms with Crippen molar-refractivity contribution >= 4 is 17.6 Å². The molecular weight excluding hydrogens is 446 g/mol. The van der Waals surface area contributed by atoms with Crippen LogP contribution in [0, 0.1) is 0 Å². The highest BCUT2D eigenvalue weighted by molar-refractivity contribution is 6.11. The van der Waals surface area contributed by atoms with Crippen LogP contribution in [-0.2, 0) is 11.3 Å². The lowest BCUT2D eigenvalue weighted by atomic mass is 9.95. The fraction of sp³-hybridized carbons (Fsp3) is 0.111. The number of anilines is 1. The first-order valence-corrected chi connectivity index (χ1v) is 10.9. The number of aromatic nitrogens is 2. The molecule has 2 N–H and O–H groups in total. The highest BCUT2D eigenvalue weighted by Gasteiger charge is 2.26. The van der Waals surface area contributed by atoms with Gasteiger partial charge in [-0.15, -0.1) is 0 Å². The first-order valence-electron chi connectivity index (χ1n) is 10.9. The number of aromatic hydroxyl groups is 1. The molecule has 0 bridgehead atoms. The molecule has 8 nitrogen and oxygen atoms in total. The zero-order valence-electron chi connectivity index (χ0n) is 19.2. The van der Waals surface area contributed by atoms with Crippen LogP contribution < -0.4 is 10.9 Å². The molecule has 0 saturated carbocycles. The number of hydrogen-bond acceptors (Lipinski definition) is 6. The van der Waals surface area contributed by atoms with Gasteiger partial charge in [0.05, 0.1) is 18.5 Å². The van der Waals surface area contributed by atoms with Crippen molar-refractivity contribution in [3.63, 3.8) is 0 Å². The Bertz CT molecular complexity index is 1450. The van der Waals surface area contributed by atoms with E-state index in [9.17, 15) is 19.5 Å². The number of carbonyl (C=O) groups is 2. The van der Waals surface area contributed by atoms with E-state index >= 15 is 0 Å². The second-order valence-electron chi connectivity index (χ2n) is 7.60. The Balaban J connectivity index is 1.94. The molecule has 4 aromatic rings. The average Bonchev–Trinajstić information content (AvgIpc) is 2.90. The summed E-state index contributed by atoms with van der Waals surface area (Å²) in [6.07, 6.45) is 0. The van der Waals surface area contributed by atoms with Crippen LogP contribution in [-0.4, -0.2) is 33.9 Å². The zero-order valence-corrected chi connectivity index (χ0v) is 19.2. The van der Waals surface area contributed by atoms with Crippen LogP contribution in [0.4, 0.5) is 5.69 Å². The van der Waals surface area contributed by atoms with Gasteiger partial charge >= 0.3 is 5.97 Å². The largest absolute Gasteiger partial charge is 0.505 e. The van der Waals surface area contributed by atoms with E-state index in [1.54, 1.807) is 19.1 Å². The number of rotatable bonds is 6. The molecule has 8 heteroatoms. The second kappa shape index (κ2) is 10.0. The Labute approximate surface area is 201 Å². The standard InChI is InChI=1S/C27H23N3O5/c1-3-30-26(33)22(25(32)28-20-16-10-15-19(24(20)31)27(34)35-2)21(17-11-6-4-7-12-17)23(29-30)18-13-8-5-9-14-18/h4-16,31H,3H2,1-2H3,(H,28,32). The summed E-state index contributed by atoms with van der Waals surface area (Å²) in [6.45, 7) is 2.01. The number of benzene rings is 3. The maximum Gasteiger partial charge on any atom is 0.341 e. The molecular formula is C27H23N3O5. The Morgan fingerprint density at radius 3 is 2.17 bits per heavy atom. The molecule has 3 aromatic carbocycles. The van der Waals surface area contributed by atoms with Gasteiger partial charge in [0.1, 0.15) is 11.1 Å². The minimum Gasteiger partial charge on any atom is -0.505 e. The number of aryl methyl sites for hydroxylation is 1. The van der Waals surface area contributed by atoms with Gasteiger partial charge in [-0.05, 0) is 24.6 Å². The van der Waals surface area contributed by atoms with Gasteiger partial charge in [-0.3, -0.25) is 9.59 Å². The Kier molecular flexibility index (Phi) is 6.73. The number of para-hydroxylation sites is 1. The van der Waals surface area contributed by atoms with Gasteiger partial charge in [-0.1, -0.05) is 66.7 Å². The quantitative estimate of drug-likeness (QED) is 0.321. The van der Waals surface area contributed by atoms with Crippen molar-refractivity contribution in [3.05, 3.63) is 100 Å². The van der Waals surface area contributed by atoms with Gasteiger partial charge in [-0.25, -0.2) is 9.48 Å². The first-order chi connectivity index (χ1) is 17.0. The lowest BCUT2D eigenvalue weighted by Gasteiger charge is -2.17. The number of phenols is 1. The summed E-state index contributed by atoms with van der Waals surface area (Å²) >= 11 is 0. The smallest absolute Gasteiger partial charge is 0.341 e. The minimum atomic E-state index is -0.757. The van der Waals surface area contributed by atoms with Crippen LogP contribution in [0.25, 0.3) is 22.4 Å². The number of esters is 1. The molecule has 0 aliphatic heterocycles. The summed E-state index contributed by atoms with van der Waals surface area (Å²) < 4.78 is 5.91. The van der Waals surface area contributed by atoms with Crippen LogP contribution in [0.2, 0.25) is 0 Å². The number of amides is 1. The summed E-state index contributed by atoms with van der Waals surface area (Å²) in [5, 5.41) is 17.7. The topological polar surface area (TPSA) is 111 Å². The van der Waals surface area contributed by atoms with Gasteiger partial charge in [0, 0.05) is 17.7 Å². The fourth-order valence-electron chi connectivity index (χ4n) is 3.78. The number of hydrogen-bond donors (Lipinski definition) is 2. The molecule has 0 saturated heterocycles. The SMILES string of the molecule is CCn1nc(-c2ccccc2)c(-c2ccccc2)c(C(=O)Nc2cccc(C(=O)OC)c2O)c1=O. The van der Waals surface area contributed by atoms with Gasteiger partial charge in [0.25, 0.3) is 11.5 Å². The maximum absolute atomic E-state index is 13.6.